The number of fused-ring (bicyclic) bond motifs is 1. The topological polar surface area (TPSA) is 80.7 Å². The number of rotatable bonds is 8. The van der Waals surface area contributed by atoms with Crippen LogP contribution in [0, 0.1) is 17.3 Å². The van der Waals surface area contributed by atoms with E-state index in [1.165, 1.54) is 5.56 Å². The number of carbonyl (C=O) groups is 1. The van der Waals surface area contributed by atoms with Crippen LogP contribution in [0.2, 0.25) is 0 Å². The summed E-state index contributed by atoms with van der Waals surface area (Å²) in [6, 6.07) is 6.06. The molecule has 1 amide bonds. The van der Waals surface area contributed by atoms with Crippen molar-refractivity contribution < 1.29 is 28.8 Å². The van der Waals surface area contributed by atoms with Gasteiger partial charge in [0, 0.05) is 51.9 Å². The normalized spacial score (nSPS) is 24.8. The van der Waals surface area contributed by atoms with E-state index in [9.17, 15) is 9.90 Å². The van der Waals surface area contributed by atoms with Crippen LogP contribution in [0.5, 0.6) is 11.5 Å². The lowest BCUT2D eigenvalue weighted by Crippen LogP contribution is -2.50. The zero-order valence-corrected chi connectivity index (χ0v) is 21.5. The fourth-order valence-electron chi connectivity index (χ4n) is 5.25. The number of allylic oxidation sites excluding steroid dienone is 1. The zero-order chi connectivity index (χ0) is 25.0. The predicted octanol–water partition coefficient (Wildman–Crippen LogP) is 3.39. The van der Waals surface area contributed by atoms with E-state index >= 15 is 0 Å². The number of carbonyl (C=O) groups excluding carboxylic acids is 1. The number of piperazine rings is 1. The standard InChI is InChI=1S/C27H40N2O6/c1-5-32-26-20(7-6-14-30)21(27(2,3)4)16-24(35-26)25(31)29-12-10-28(11-13-29)17-19-8-9-22-23(15-19)34-18-33-22/h8-9,15-16,20-21,26,30H,5-7,10-14,17-18H2,1-4H3/t20-,21-,26+/m0/s1. The SMILES string of the molecule is CCO[C@@H]1OC(C(=O)N2CCN(Cc3ccc4c(c3)OCO4)CC2)=C[C@H](C(C)(C)C)[C@@H]1CCCO. The summed E-state index contributed by atoms with van der Waals surface area (Å²) in [7, 11) is 0. The smallest absolute Gasteiger partial charge is 0.288 e. The molecule has 0 bridgehead atoms. The number of aliphatic hydroxyl groups excluding tert-OH is 1. The lowest BCUT2D eigenvalue weighted by atomic mass is 9.70. The second kappa shape index (κ2) is 11.2. The van der Waals surface area contributed by atoms with Crippen molar-refractivity contribution in [1.29, 1.82) is 0 Å². The summed E-state index contributed by atoms with van der Waals surface area (Å²) in [6.45, 7) is 13.1. The molecular weight excluding hydrogens is 448 g/mol. The average Bonchev–Trinajstić information content (AvgIpc) is 3.30. The first kappa shape index (κ1) is 25.8. The summed E-state index contributed by atoms with van der Waals surface area (Å²) in [6.07, 6.45) is 3.01. The van der Waals surface area contributed by atoms with Crippen LogP contribution in [0.25, 0.3) is 0 Å². The number of benzene rings is 1. The summed E-state index contributed by atoms with van der Waals surface area (Å²) >= 11 is 0. The van der Waals surface area contributed by atoms with Gasteiger partial charge in [-0.3, -0.25) is 9.69 Å². The molecule has 1 N–H and O–H groups in total. The molecule has 0 saturated carbocycles. The lowest BCUT2D eigenvalue weighted by molar-refractivity contribution is -0.182. The van der Waals surface area contributed by atoms with E-state index in [2.05, 4.69) is 31.7 Å². The van der Waals surface area contributed by atoms with Crippen molar-refractivity contribution in [3.8, 4) is 11.5 Å². The quantitative estimate of drug-likeness (QED) is 0.601. The molecule has 0 radical (unpaired) electrons. The maximum absolute atomic E-state index is 13.5. The molecule has 4 rings (SSSR count). The minimum absolute atomic E-state index is 0.0614. The van der Waals surface area contributed by atoms with E-state index in [1.54, 1.807) is 0 Å². The van der Waals surface area contributed by atoms with Gasteiger partial charge in [-0.05, 0) is 54.9 Å². The molecule has 0 aromatic heterocycles. The van der Waals surface area contributed by atoms with E-state index in [0.29, 0.717) is 31.9 Å². The van der Waals surface area contributed by atoms with Crippen molar-refractivity contribution in [3.63, 3.8) is 0 Å². The highest BCUT2D eigenvalue weighted by atomic mass is 16.7. The zero-order valence-electron chi connectivity index (χ0n) is 21.5. The fourth-order valence-corrected chi connectivity index (χ4v) is 5.25. The molecule has 3 aliphatic heterocycles. The number of ether oxygens (including phenoxy) is 4. The van der Waals surface area contributed by atoms with Gasteiger partial charge in [-0.25, -0.2) is 0 Å². The molecule has 8 nitrogen and oxygen atoms in total. The van der Waals surface area contributed by atoms with Crippen LogP contribution in [0.15, 0.2) is 30.0 Å². The molecule has 1 fully saturated rings. The number of amides is 1. The molecule has 35 heavy (non-hydrogen) atoms. The average molecular weight is 489 g/mol. The minimum atomic E-state index is -0.480. The molecular formula is C27H40N2O6. The molecule has 1 saturated heterocycles. The molecule has 194 valence electrons. The van der Waals surface area contributed by atoms with Crippen molar-refractivity contribution in [3.05, 3.63) is 35.6 Å². The van der Waals surface area contributed by atoms with Gasteiger partial charge in [-0.1, -0.05) is 26.8 Å². The van der Waals surface area contributed by atoms with Gasteiger partial charge in [0.05, 0.1) is 0 Å². The van der Waals surface area contributed by atoms with Gasteiger partial charge >= 0.3 is 0 Å². The van der Waals surface area contributed by atoms with Crippen molar-refractivity contribution >= 4 is 5.91 Å². The molecule has 8 heteroatoms. The van der Waals surface area contributed by atoms with Gasteiger partial charge in [0.1, 0.15) is 0 Å². The Hall–Kier alpha value is -2.29. The molecule has 3 heterocycles. The van der Waals surface area contributed by atoms with E-state index in [0.717, 1.165) is 37.6 Å². The predicted molar refractivity (Wildman–Crippen MR) is 132 cm³/mol. The number of hydrogen-bond acceptors (Lipinski definition) is 7. The number of aliphatic hydroxyl groups is 1. The first-order chi connectivity index (χ1) is 16.8. The third-order valence-electron chi connectivity index (χ3n) is 7.12. The monoisotopic (exact) mass is 488 g/mol. The van der Waals surface area contributed by atoms with Gasteiger partial charge in [-0.15, -0.1) is 0 Å². The Morgan fingerprint density at radius 1 is 1.14 bits per heavy atom. The van der Waals surface area contributed by atoms with Crippen LogP contribution in [0.1, 0.15) is 46.1 Å². The molecule has 3 atom stereocenters. The Morgan fingerprint density at radius 2 is 1.89 bits per heavy atom. The highest BCUT2D eigenvalue weighted by Gasteiger charge is 2.43. The minimum Gasteiger partial charge on any atom is -0.459 e. The highest BCUT2D eigenvalue weighted by molar-refractivity contribution is 5.91. The van der Waals surface area contributed by atoms with E-state index in [-0.39, 0.29) is 36.6 Å². The molecule has 1 aromatic rings. The number of hydrogen-bond donors (Lipinski definition) is 1. The van der Waals surface area contributed by atoms with Crippen molar-refractivity contribution in [2.24, 2.45) is 17.3 Å². The van der Waals surface area contributed by atoms with E-state index < -0.39 is 6.29 Å². The number of nitrogens with zero attached hydrogens (tertiary/aromatic N) is 2. The second-order valence-electron chi connectivity index (χ2n) is 10.6. The summed E-state index contributed by atoms with van der Waals surface area (Å²) in [5.74, 6) is 2.14. The van der Waals surface area contributed by atoms with Crippen molar-refractivity contribution in [2.75, 3.05) is 46.2 Å². The Bertz CT molecular complexity index is 903. The summed E-state index contributed by atoms with van der Waals surface area (Å²) in [4.78, 5) is 17.7. The second-order valence-corrected chi connectivity index (χ2v) is 10.6. The van der Waals surface area contributed by atoms with Gasteiger partial charge in [-0.2, -0.15) is 0 Å². The van der Waals surface area contributed by atoms with Crippen LogP contribution in [0.3, 0.4) is 0 Å². The van der Waals surface area contributed by atoms with Gasteiger partial charge < -0.3 is 29.0 Å². The molecule has 3 aliphatic rings. The van der Waals surface area contributed by atoms with Crippen LogP contribution >= 0.6 is 0 Å². The Kier molecular flexibility index (Phi) is 8.24. The van der Waals surface area contributed by atoms with Gasteiger partial charge in [0.25, 0.3) is 5.91 Å². The first-order valence-corrected chi connectivity index (χ1v) is 12.8. The first-order valence-electron chi connectivity index (χ1n) is 12.8. The summed E-state index contributed by atoms with van der Waals surface area (Å²) in [5.41, 5.74) is 1.11. The van der Waals surface area contributed by atoms with Crippen LogP contribution in [-0.2, 0) is 20.8 Å². The van der Waals surface area contributed by atoms with Crippen LogP contribution in [-0.4, -0.2) is 73.3 Å². The Morgan fingerprint density at radius 3 is 2.57 bits per heavy atom. The third-order valence-corrected chi connectivity index (χ3v) is 7.12. The Labute approximate surface area is 208 Å². The van der Waals surface area contributed by atoms with E-state index in [1.807, 2.05) is 30.0 Å². The maximum Gasteiger partial charge on any atom is 0.288 e. The molecule has 0 aliphatic carbocycles. The van der Waals surface area contributed by atoms with Gasteiger partial charge in [0.15, 0.2) is 17.3 Å². The van der Waals surface area contributed by atoms with Crippen molar-refractivity contribution in [2.45, 2.75) is 53.4 Å². The summed E-state index contributed by atoms with van der Waals surface area (Å²) in [5, 5.41) is 9.39. The molecule has 1 aromatic carbocycles. The Balaban J connectivity index is 1.40. The van der Waals surface area contributed by atoms with Gasteiger partial charge in [0.2, 0.25) is 13.1 Å². The van der Waals surface area contributed by atoms with Crippen molar-refractivity contribution in [1.82, 2.24) is 9.80 Å². The van der Waals surface area contributed by atoms with Crippen LogP contribution in [0.4, 0.5) is 0 Å². The van der Waals surface area contributed by atoms with E-state index in [4.69, 9.17) is 18.9 Å². The largest absolute Gasteiger partial charge is 0.459 e. The fraction of sp³-hybridized carbons (Fsp3) is 0.667. The maximum atomic E-state index is 13.5. The molecule has 0 spiro atoms. The summed E-state index contributed by atoms with van der Waals surface area (Å²) < 4.78 is 23.0. The lowest BCUT2D eigenvalue weighted by Gasteiger charge is -2.43. The van der Waals surface area contributed by atoms with Crippen LogP contribution < -0.4 is 9.47 Å². The third kappa shape index (κ3) is 6.11. The molecule has 0 unspecified atom stereocenters. The highest BCUT2D eigenvalue weighted by Crippen LogP contribution is 2.43.